The summed E-state index contributed by atoms with van der Waals surface area (Å²) in [7, 11) is 0. The molecule has 8 nitrogen and oxygen atoms in total. The lowest BCUT2D eigenvalue weighted by atomic mass is 10.1. The average Bonchev–Trinajstić information content (AvgIpc) is 2.93. The van der Waals surface area contributed by atoms with Gasteiger partial charge in [0.15, 0.2) is 18.0 Å². The molecule has 2 aromatic heterocycles. The van der Waals surface area contributed by atoms with E-state index in [0.29, 0.717) is 5.39 Å². The molecule has 3 rings (SSSR count). The predicted molar refractivity (Wildman–Crippen MR) is 66.7 cm³/mol. The van der Waals surface area contributed by atoms with E-state index in [4.69, 9.17) is 15.6 Å². The Morgan fingerprint density at radius 1 is 1.60 bits per heavy atom. The first kappa shape index (κ1) is 13.0. The Labute approximate surface area is 111 Å². The first-order valence-corrected chi connectivity index (χ1v) is 5.97. The number of fused-ring (bicyclic) bond motifs is 1. The molecule has 0 unspecified atom stereocenters. The maximum atomic E-state index is 14.1. The molecule has 1 fully saturated rings. The van der Waals surface area contributed by atoms with E-state index in [9.17, 15) is 14.3 Å². The summed E-state index contributed by atoms with van der Waals surface area (Å²) >= 11 is 0. The van der Waals surface area contributed by atoms with Crippen LogP contribution in [0.5, 0.6) is 0 Å². The van der Waals surface area contributed by atoms with E-state index >= 15 is 0 Å². The molecule has 20 heavy (non-hydrogen) atoms. The average molecular weight is 284 g/mol. The number of nitrogen functional groups attached to an aromatic ring is 1. The quantitative estimate of drug-likeness (QED) is 0.554. The van der Waals surface area contributed by atoms with Crippen LogP contribution in [0.25, 0.3) is 11.0 Å². The fourth-order valence-electron chi connectivity index (χ4n) is 2.36. The van der Waals surface area contributed by atoms with Crippen LogP contribution in [0.1, 0.15) is 6.23 Å². The largest absolute Gasteiger partial charge is 0.394 e. The molecular formula is C11H13FN4O4. The van der Waals surface area contributed by atoms with E-state index in [0.717, 1.165) is 0 Å². The Hall–Kier alpha value is -1.97. The smallest absolute Gasteiger partial charge is 0.348 e. The second-order valence-corrected chi connectivity index (χ2v) is 4.60. The number of aliphatic hydroxyl groups excluding tert-OH is 2. The van der Waals surface area contributed by atoms with E-state index < -0.39 is 36.9 Å². The maximum absolute atomic E-state index is 14.1. The number of aromatic nitrogens is 3. The van der Waals surface area contributed by atoms with Crippen LogP contribution < -0.4 is 11.4 Å². The van der Waals surface area contributed by atoms with Gasteiger partial charge in [-0.15, -0.1) is 0 Å². The Kier molecular flexibility index (Phi) is 2.96. The number of aliphatic hydroxyl groups is 2. The van der Waals surface area contributed by atoms with E-state index in [2.05, 4.69) is 9.97 Å². The molecule has 1 aliphatic heterocycles. The standard InChI is InChI=1S/C11H13FN4O4/c12-6-7(18)5(3-17)20-10(6)16-2-1-4-8(13)14-11(19)15-9(4)16/h1-2,5-7,10,17-18H,3H2,(H3,13,14,15,19)/t5-,6+,7-,10-/m1/s1. The highest BCUT2D eigenvalue weighted by atomic mass is 19.1. The number of hydrogen-bond acceptors (Lipinski definition) is 6. The molecule has 1 saturated heterocycles. The van der Waals surface area contributed by atoms with E-state index in [-0.39, 0.29) is 11.5 Å². The minimum absolute atomic E-state index is 0.117. The zero-order valence-corrected chi connectivity index (χ0v) is 10.2. The van der Waals surface area contributed by atoms with Crippen molar-refractivity contribution in [2.75, 3.05) is 12.3 Å². The van der Waals surface area contributed by atoms with Crippen molar-refractivity contribution in [3.8, 4) is 0 Å². The SMILES string of the molecule is Nc1[nH]c(=O)nc2c1ccn2[C@@H]1O[C@H](CO)[C@@H](O)[C@@H]1F. The van der Waals surface area contributed by atoms with Gasteiger partial charge in [-0.25, -0.2) is 9.18 Å². The highest BCUT2D eigenvalue weighted by molar-refractivity contribution is 5.86. The summed E-state index contributed by atoms with van der Waals surface area (Å²) in [6.45, 7) is -0.507. The van der Waals surface area contributed by atoms with E-state index in [1.54, 1.807) is 6.07 Å². The van der Waals surface area contributed by atoms with Gasteiger partial charge in [0.25, 0.3) is 0 Å². The van der Waals surface area contributed by atoms with Crippen molar-refractivity contribution >= 4 is 16.9 Å². The molecule has 1 aliphatic rings. The Morgan fingerprint density at radius 3 is 3.00 bits per heavy atom. The first-order chi connectivity index (χ1) is 9.52. The van der Waals surface area contributed by atoms with Gasteiger partial charge >= 0.3 is 5.69 Å². The van der Waals surface area contributed by atoms with Gasteiger partial charge in [-0.05, 0) is 6.07 Å². The van der Waals surface area contributed by atoms with Gasteiger partial charge in [0.1, 0.15) is 18.0 Å². The van der Waals surface area contributed by atoms with Crippen molar-refractivity contribution < 1.29 is 19.3 Å². The Morgan fingerprint density at radius 2 is 2.35 bits per heavy atom. The number of hydrogen-bond donors (Lipinski definition) is 4. The molecule has 0 saturated carbocycles. The lowest BCUT2D eigenvalue weighted by Gasteiger charge is -2.15. The van der Waals surface area contributed by atoms with Gasteiger partial charge in [0.05, 0.1) is 12.0 Å². The van der Waals surface area contributed by atoms with E-state index in [1.165, 1.54) is 10.8 Å². The van der Waals surface area contributed by atoms with Crippen molar-refractivity contribution in [3.63, 3.8) is 0 Å². The minimum Gasteiger partial charge on any atom is -0.394 e. The highest BCUT2D eigenvalue weighted by Gasteiger charge is 2.45. The monoisotopic (exact) mass is 284 g/mol. The molecule has 108 valence electrons. The van der Waals surface area contributed by atoms with Crippen molar-refractivity contribution in [1.29, 1.82) is 0 Å². The molecular weight excluding hydrogens is 271 g/mol. The maximum Gasteiger partial charge on any atom is 0.348 e. The number of nitrogens with zero attached hydrogens (tertiary/aromatic N) is 2. The third-order valence-corrected chi connectivity index (χ3v) is 3.37. The molecule has 0 aliphatic carbocycles. The molecule has 5 N–H and O–H groups in total. The molecule has 3 heterocycles. The number of nitrogens with one attached hydrogen (secondary N) is 1. The van der Waals surface area contributed by atoms with Crippen LogP contribution in [-0.4, -0.2) is 49.7 Å². The van der Waals surface area contributed by atoms with E-state index in [1.807, 2.05) is 0 Å². The van der Waals surface area contributed by atoms with Crippen molar-refractivity contribution in [2.45, 2.75) is 24.6 Å². The minimum atomic E-state index is -1.75. The summed E-state index contributed by atoms with van der Waals surface area (Å²) in [5, 5.41) is 19.1. The van der Waals surface area contributed by atoms with Crippen LogP contribution in [0.4, 0.5) is 10.2 Å². The van der Waals surface area contributed by atoms with Crippen LogP contribution in [-0.2, 0) is 4.74 Å². The number of nitrogens with two attached hydrogens (primary N) is 1. The molecule has 0 amide bonds. The number of ether oxygens (including phenoxy) is 1. The first-order valence-electron chi connectivity index (χ1n) is 5.97. The van der Waals surface area contributed by atoms with Crippen LogP contribution in [0.2, 0.25) is 0 Å². The second-order valence-electron chi connectivity index (χ2n) is 4.60. The third-order valence-electron chi connectivity index (χ3n) is 3.37. The summed E-state index contributed by atoms with van der Waals surface area (Å²) in [6.07, 6.45) is -3.92. The summed E-state index contributed by atoms with van der Waals surface area (Å²) < 4.78 is 20.6. The number of aromatic amines is 1. The molecule has 0 bridgehead atoms. The van der Waals surface area contributed by atoms with Gasteiger partial charge in [0.2, 0.25) is 0 Å². The summed E-state index contributed by atoms with van der Waals surface area (Å²) in [5.74, 6) is 0.117. The van der Waals surface area contributed by atoms with Gasteiger partial charge in [-0.2, -0.15) is 4.98 Å². The van der Waals surface area contributed by atoms with Crippen molar-refractivity contribution in [1.82, 2.24) is 14.5 Å². The van der Waals surface area contributed by atoms with Gasteiger partial charge in [0, 0.05) is 6.20 Å². The van der Waals surface area contributed by atoms with Crippen LogP contribution in [0.3, 0.4) is 0 Å². The summed E-state index contributed by atoms with van der Waals surface area (Å²) in [6, 6.07) is 1.56. The van der Waals surface area contributed by atoms with Crippen LogP contribution in [0, 0.1) is 0 Å². The molecule has 0 spiro atoms. The normalized spacial score (nSPS) is 30.1. The van der Waals surface area contributed by atoms with Crippen LogP contribution in [0.15, 0.2) is 17.1 Å². The zero-order valence-electron chi connectivity index (χ0n) is 10.2. The molecule has 0 radical (unpaired) electrons. The predicted octanol–water partition coefficient (Wildman–Crippen LogP) is -1.10. The van der Waals surface area contributed by atoms with Gasteiger partial charge in [-0.1, -0.05) is 0 Å². The number of anilines is 1. The van der Waals surface area contributed by atoms with Crippen molar-refractivity contribution in [2.24, 2.45) is 0 Å². The van der Waals surface area contributed by atoms with Gasteiger partial charge < -0.3 is 25.3 Å². The molecule has 0 aromatic carbocycles. The fourth-order valence-corrected chi connectivity index (χ4v) is 2.36. The number of rotatable bonds is 2. The highest BCUT2D eigenvalue weighted by Crippen LogP contribution is 2.34. The molecule has 9 heteroatoms. The van der Waals surface area contributed by atoms with Crippen molar-refractivity contribution in [3.05, 3.63) is 22.7 Å². The molecule has 4 atom stereocenters. The number of alkyl halides is 1. The van der Waals surface area contributed by atoms with Crippen LogP contribution >= 0.6 is 0 Å². The lowest BCUT2D eigenvalue weighted by molar-refractivity contribution is -0.0457. The fraction of sp³-hybridized carbons (Fsp3) is 0.455. The topological polar surface area (TPSA) is 126 Å². The second kappa shape index (κ2) is 4.54. The Balaban J connectivity index is 2.09. The lowest BCUT2D eigenvalue weighted by Crippen LogP contribution is -2.30. The zero-order chi connectivity index (χ0) is 14.4. The summed E-state index contributed by atoms with van der Waals surface area (Å²) in [4.78, 5) is 17.4. The summed E-state index contributed by atoms with van der Waals surface area (Å²) in [5.41, 5.74) is 5.14. The number of halogens is 1. The van der Waals surface area contributed by atoms with Gasteiger partial charge in [-0.3, -0.25) is 4.98 Å². The number of H-pyrrole nitrogens is 1. The molecule has 2 aromatic rings. The third kappa shape index (κ3) is 1.79. The Bertz CT molecular complexity index is 699.